The molecular weight excluding hydrogens is 348 g/mol. The van der Waals surface area contributed by atoms with Gasteiger partial charge in [0.15, 0.2) is 5.82 Å². The maximum Gasteiger partial charge on any atom is 0.220 e. The summed E-state index contributed by atoms with van der Waals surface area (Å²) in [6.07, 6.45) is 6.15. The van der Waals surface area contributed by atoms with E-state index < -0.39 is 0 Å². The molecule has 0 saturated carbocycles. The lowest BCUT2D eigenvalue weighted by Gasteiger charge is -2.30. The van der Waals surface area contributed by atoms with E-state index in [0.717, 1.165) is 57.7 Å². The molecule has 0 radical (unpaired) electrons. The first-order valence-electron chi connectivity index (χ1n) is 10.5. The maximum atomic E-state index is 11.9. The predicted octanol–water partition coefficient (Wildman–Crippen LogP) is 3.71. The van der Waals surface area contributed by atoms with Crippen molar-refractivity contribution in [1.82, 2.24) is 19.8 Å². The third kappa shape index (κ3) is 4.09. The van der Waals surface area contributed by atoms with E-state index in [1.165, 1.54) is 16.8 Å². The summed E-state index contributed by atoms with van der Waals surface area (Å²) < 4.78 is 0. The predicted molar refractivity (Wildman–Crippen MR) is 110 cm³/mol. The topological polar surface area (TPSA) is 49.3 Å². The van der Waals surface area contributed by atoms with Crippen LogP contribution in [0.2, 0.25) is 0 Å². The molecule has 1 aromatic heterocycles. The van der Waals surface area contributed by atoms with Crippen LogP contribution in [0.4, 0.5) is 0 Å². The van der Waals surface area contributed by atoms with E-state index >= 15 is 0 Å². The van der Waals surface area contributed by atoms with E-state index in [9.17, 15) is 4.79 Å². The number of hydrogen-bond acceptors (Lipinski definition) is 4. The van der Waals surface area contributed by atoms with Crippen molar-refractivity contribution in [2.24, 2.45) is 0 Å². The molecule has 0 aliphatic carbocycles. The van der Waals surface area contributed by atoms with Crippen molar-refractivity contribution in [3.8, 4) is 0 Å². The van der Waals surface area contributed by atoms with Crippen molar-refractivity contribution in [2.45, 2.75) is 58.0 Å². The molecule has 28 heavy (non-hydrogen) atoms. The van der Waals surface area contributed by atoms with Crippen LogP contribution in [0, 0.1) is 0 Å². The lowest BCUT2D eigenvalue weighted by atomic mass is 9.97. The van der Waals surface area contributed by atoms with Crippen molar-refractivity contribution in [1.29, 1.82) is 0 Å². The number of hydrogen-bond donors (Lipinski definition) is 0. The highest BCUT2D eigenvalue weighted by atomic mass is 16.2. The first kappa shape index (κ1) is 19.1. The summed E-state index contributed by atoms with van der Waals surface area (Å²) in [5, 5.41) is 0. The Morgan fingerprint density at radius 3 is 2.86 bits per heavy atom. The number of amides is 1. The van der Waals surface area contributed by atoms with Crippen molar-refractivity contribution in [3.63, 3.8) is 0 Å². The minimum Gasteiger partial charge on any atom is -0.333 e. The largest absolute Gasteiger partial charge is 0.333 e. The molecule has 3 heterocycles. The number of aromatic nitrogens is 2. The molecule has 0 bridgehead atoms. The van der Waals surface area contributed by atoms with Gasteiger partial charge in [-0.15, -0.1) is 0 Å². The van der Waals surface area contributed by atoms with Crippen LogP contribution in [0.25, 0.3) is 0 Å². The number of benzene rings is 1. The van der Waals surface area contributed by atoms with E-state index in [4.69, 9.17) is 4.98 Å². The Hall–Kier alpha value is -2.27. The molecule has 5 heteroatoms. The van der Waals surface area contributed by atoms with Gasteiger partial charge in [-0.3, -0.25) is 9.69 Å². The molecule has 1 amide bonds. The first-order chi connectivity index (χ1) is 13.6. The number of likely N-dealkylation sites (tertiary alicyclic amines) is 1. The van der Waals surface area contributed by atoms with Crippen LogP contribution in [-0.2, 0) is 17.8 Å². The zero-order valence-corrected chi connectivity index (χ0v) is 17.0. The molecule has 1 saturated heterocycles. The van der Waals surface area contributed by atoms with Gasteiger partial charge in [-0.05, 0) is 37.3 Å². The van der Waals surface area contributed by atoms with Gasteiger partial charge in [-0.1, -0.05) is 37.3 Å². The van der Waals surface area contributed by atoms with Crippen LogP contribution < -0.4 is 0 Å². The second-order valence-electron chi connectivity index (χ2n) is 8.20. The molecule has 2 aliphatic rings. The fourth-order valence-electron chi connectivity index (χ4n) is 4.48. The Morgan fingerprint density at radius 1 is 1.25 bits per heavy atom. The third-order valence-electron chi connectivity index (χ3n) is 6.23. The second-order valence-corrected chi connectivity index (χ2v) is 8.20. The Kier molecular flexibility index (Phi) is 5.72. The molecule has 2 atom stereocenters. The van der Waals surface area contributed by atoms with E-state index in [0.29, 0.717) is 5.92 Å². The van der Waals surface area contributed by atoms with E-state index in [1.54, 1.807) is 6.92 Å². The van der Waals surface area contributed by atoms with Gasteiger partial charge >= 0.3 is 0 Å². The zero-order valence-electron chi connectivity index (χ0n) is 17.0. The summed E-state index contributed by atoms with van der Waals surface area (Å²) in [5.74, 6) is 1.53. The van der Waals surface area contributed by atoms with Gasteiger partial charge in [-0.25, -0.2) is 9.97 Å². The van der Waals surface area contributed by atoms with Crippen LogP contribution in [0.15, 0.2) is 36.5 Å². The van der Waals surface area contributed by atoms with Gasteiger partial charge in [0, 0.05) is 50.4 Å². The van der Waals surface area contributed by atoms with Crippen LogP contribution >= 0.6 is 0 Å². The molecule has 148 valence electrons. The molecule has 4 rings (SSSR count). The number of carbonyl (C=O) groups is 1. The third-order valence-corrected chi connectivity index (χ3v) is 6.23. The summed E-state index contributed by atoms with van der Waals surface area (Å²) in [7, 11) is 0. The second kappa shape index (κ2) is 8.39. The molecule has 5 nitrogen and oxygen atoms in total. The van der Waals surface area contributed by atoms with Gasteiger partial charge in [-0.2, -0.15) is 0 Å². The minimum absolute atomic E-state index is 0.0625. The number of nitrogens with zero attached hydrogens (tertiary/aromatic N) is 4. The van der Waals surface area contributed by atoms with Crippen LogP contribution in [0.5, 0.6) is 0 Å². The lowest BCUT2D eigenvalue weighted by molar-refractivity contribution is -0.129. The highest BCUT2D eigenvalue weighted by molar-refractivity contribution is 5.74. The summed E-state index contributed by atoms with van der Waals surface area (Å²) in [5.41, 5.74) is 3.84. The van der Waals surface area contributed by atoms with Crippen molar-refractivity contribution in [2.75, 3.05) is 19.6 Å². The van der Waals surface area contributed by atoms with Gasteiger partial charge in [0.2, 0.25) is 5.91 Å². The fraction of sp³-hybridized carbons (Fsp3) is 0.522. The molecule has 2 aliphatic heterocycles. The highest BCUT2D eigenvalue weighted by Crippen LogP contribution is 2.31. The Morgan fingerprint density at radius 2 is 2.07 bits per heavy atom. The van der Waals surface area contributed by atoms with E-state index in [-0.39, 0.29) is 11.9 Å². The number of fused-ring (bicyclic) bond motifs is 1. The SMILES string of the molecule is CC(=O)N1CCC[C@@H]1c1ncc2c(n1)CCN(CC[C@H](C)c1ccccc1)C2. The summed E-state index contributed by atoms with van der Waals surface area (Å²) in [6.45, 7) is 7.85. The van der Waals surface area contributed by atoms with Crippen molar-refractivity contribution in [3.05, 3.63) is 59.2 Å². The zero-order chi connectivity index (χ0) is 19.5. The standard InChI is InChI=1S/C23H30N4O/c1-17(19-7-4-3-5-8-19)10-13-26-14-11-21-20(16-26)15-24-23(25-21)22-9-6-12-27(22)18(2)28/h3-5,7-8,15,17,22H,6,9-14,16H2,1-2H3/t17-,22+/m0/s1. The normalized spacial score (nSPS) is 20.8. The molecule has 0 spiro atoms. The van der Waals surface area contributed by atoms with Crippen LogP contribution in [-0.4, -0.2) is 45.3 Å². The quantitative estimate of drug-likeness (QED) is 0.796. The van der Waals surface area contributed by atoms with Gasteiger partial charge < -0.3 is 4.90 Å². The van der Waals surface area contributed by atoms with Crippen LogP contribution in [0.1, 0.15) is 67.7 Å². The summed E-state index contributed by atoms with van der Waals surface area (Å²) in [6, 6.07) is 10.8. The van der Waals surface area contributed by atoms with E-state index in [2.05, 4.69) is 47.1 Å². The van der Waals surface area contributed by atoms with Gasteiger partial charge in [0.05, 0.1) is 6.04 Å². The average molecular weight is 379 g/mol. The molecule has 0 N–H and O–H groups in total. The maximum absolute atomic E-state index is 11.9. The molecule has 2 aromatic rings. The lowest BCUT2D eigenvalue weighted by Crippen LogP contribution is -2.34. The van der Waals surface area contributed by atoms with Crippen LogP contribution in [0.3, 0.4) is 0 Å². The first-order valence-corrected chi connectivity index (χ1v) is 10.5. The van der Waals surface area contributed by atoms with Crippen molar-refractivity contribution >= 4 is 5.91 Å². The number of rotatable bonds is 5. The molecule has 0 unspecified atom stereocenters. The summed E-state index contributed by atoms with van der Waals surface area (Å²) in [4.78, 5) is 25.8. The van der Waals surface area contributed by atoms with E-state index in [1.807, 2.05) is 11.1 Å². The Labute approximate surface area is 167 Å². The molecule has 1 aromatic carbocycles. The van der Waals surface area contributed by atoms with Gasteiger partial charge in [0.25, 0.3) is 0 Å². The summed E-state index contributed by atoms with van der Waals surface area (Å²) >= 11 is 0. The molecule has 1 fully saturated rings. The fourth-order valence-corrected chi connectivity index (χ4v) is 4.48. The monoisotopic (exact) mass is 378 g/mol. The number of carbonyl (C=O) groups excluding carboxylic acids is 1. The average Bonchev–Trinajstić information content (AvgIpc) is 3.22. The van der Waals surface area contributed by atoms with Crippen molar-refractivity contribution < 1.29 is 4.79 Å². The molecular formula is C23H30N4O. The highest BCUT2D eigenvalue weighted by Gasteiger charge is 2.31. The smallest absolute Gasteiger partial charge is 0.220 e. The minimum atomic E-state index is 0.0625. The Balaban J connectivity index is 1.37. The Bertz CT molecular complexity index is 823. The van der Waals surface area contributed by atoms with Gasteiger partial charge in [0.1, 0.15) is 0 Å².